The summed E-state index contributed by atoms with van der Waals surface area (Å²) in [6.07, 6.45) is 7.26. The molecule has 2 aromatic rings. The van der Waals surface area contributed by atoms with Crippen molar-refractivity contribution in [3.05, 3.63) is 78.9 Å². The first-order valence-electron chi connectivity index (χ1n) is 14.6. The minimum Gasteiger partial charge on any atom is -0.497 e. The minimum absolute atomic E-state index is 0.158. The maximum absolute atomic E-state index is 14.6. The number of rotatable bonds is 7. The van der Waals surface area contributed by atoms with Crippen molar-refractivity contribution < 1.29 is 29.0 Å². The van der Waals surface area contributed by atoms with Gasteiger partial charge in [0.2, 0.25) is 11.8 Å². The molecule has 9 nitrogen and oxygen atoms in total. The van der Waals surface area contributed by atoms with Crippen LogP contribution in [0.15, 0.2) is 78.9 Å². The van der Waals surface area contributed by atoms with Gasteiger partial charge in [0.05, 0.1) is 37.7 Å². The Balaban J connectivity index is 1.46. The average molecular weight is 572 g/mol. The first kappa shape index (κ1) is 28.2. The number of likely N-dealkylation sites (tertiary alicyclic amines) is 1. The van der Waals surface area contributed by atoms with Gasteiger partial charge in [-0.3, -0.25) is 14.4 Å². The molecule has 2 saturated heterocycles. The number of hydrogen-bond acceptors (Lipinski definition) is 6. The van der Waals surface area contributed by atoms with Crippen molar-refractivity contribution in [3.8, 4) is 5.75 Å². The normalized spacial score (nSPS) is 29.4. The van der Waals surface area contributed by atoms with E-state index in [1.54, 1.807) is 29.0 Å². The standard InChI is InChI=1S/C33H37N3O6/c1-21(2)19-24(20-37)36-29-32(40)35(23-12-14-25(41-3)15-13-23)18-8-16-33(29)28(31(36)39)27-26(42-33)11-7-17-34(30(27)38)22-9-5-4-6-10-22/h4-16,21,24,26-29,37H,17-20H2,1-3H3/t24-,26-,27+,28+,29?,33+/m1/s1. The van der Waals surface area contributed by atoms with Crippen LogP contribution >= 0.6 is 0 Å². The summed E-state index contributed by atoms with van der Waals surface area (Å²) in [7, 11) is 1.58. The summed E-state index contributed by atoms with van der Waals surface area (Å²) in [4.78, 5) is 48.3. The second-order valence-corrected chi connectivity index (χ2v) is 11.8. The Morgan fingerprint density at radius 3 is 2.26 bits per heavy atom. The highest BCUT2D eigenvalue weighted by Crippen LogP contribution is 2.54. The molecule has 4 heterocycles. The maximum atomic E-state index is 14.6. The lowest BCUT2D eigenvalue weighted by Gasteiger charge is -2.39. The van der Waals surface area contributed by atoms with Crippen LogP contribution in [0.2, 0.25) is 0 Å². The zero-order valence-corrected chi connectivity index (χ0v) is 24.1. The number of hydrogen-bond donors (Lipinski definition) is 1. The Morgan fingerprint density at radius 1 is 0.929 bits per heavy atom. The Morgan fingerprint density at radius 2 is 1.60 bits per heavy atom. The highest BCUT2D eigenvalue weighted by Gasteiger charge is 2.72. The molecule has 42 heavy (non-hydrogen) atoms. The van der Waals surface area contributed by atoms with Crippen LogP contribution in [0.5, 0.6) is 5.75 Å². The monoisotopic (exact) mass is 571 g/mol. The van der Waals surface area contributed by atoms with Gasteiger partial charge in [0.25, 0.3) is 5.91 Å². The van der Waals surface area contributed by atoms with Crippen LogP contribution in [-0.2, 0) is 19.1 Å². The zero-order valence-electron chi connectivity index (χ0n) is 24.1. The molecule has 1 unspecified atom stereocenters. The Hall–Kier alpha value is -3.95. The molecule has 1 spiro atoms. The number of ether oxygens (including phenoxy) is 2. The molecule has 9 heteroatoms. The molecular formula is C33H37N3O6. The molecule has 0 aliphatic carbocycles. The molecule has 6 rings (SSSR count). The van der Waals surface area contributed by atoms with Gasteiger partial charge in [-0.2, -0.15) is 0 Å². The van der Waals surface area contributed by atoms with Crippen LogP contribution in [-0.4, -0.2) is 78.3 Å². The fourth-order valence-electron chi connectivity index (χ4n) is 7.12. The average Bonchev–Trinajstić information content (AvgIpc) is 3.31. The molecule has 6 atom stereocenters. The van der Waals surface area contributed by atoms with E-state index in [9.17, 15) is 19.5 Å². The predicted molar refractivity (Wildman–Crippen MR) is 158 cm³/mol. The molecule has 0 radical (unpaired) electrons. The Labute approximate surface area is 246 Å². The smallest absolute Gasteiger partial charge is 0.253 e. The third-order valence-corrected chi connectivity index (χ3v) is 8.90. The Kier molecular flexibility index (Phi) is 7.41. The topological polar surface area (TPSA) is 99.6 Å². The Bertz CT molecular complexity index is 1410. The first-order chi connectivity index (χ1) is 20.3. The molecule has 4 aliphatic rings. The molecule has 2 aromatic carbocycles. The molecule has 2 fully saturated rings. The zero-order chi connectivity index (χ0) is 29.6. The summed E-state index contributed by atoms with van der Waals surface area (Å²) in [5.74, 6) is -1.79. The SMILES string of the molecule is COc1ccc(N2CC=C[C@]34O[C@@H]5C=CCN(c6ccccc6)C(=O)[C@@H]5[C@H]3C(=O)N([C@@H](CO)CC(C)C)C4C2=O)cc1. The van der Waals surface area contributed by atoms with Crippen molar-refractivity contribution in [1.82, 2.24) is 4.90 Å². The van der Waals surface area contributed by atoms with Crippen LogP contribution in [0.25, 0.3) is 0 Å². The largest absolute Gasteiger partial charge is 0.497 e. The number of methoxy groups -OCH3 is 1. The van der Waals surface area contributed by atoms with E-state index >= 15 is 0 Å². The first-order valence-corrected chi connectivity index (χ1v) is 14.6. The minimum atomic E-state index is -1.37. The summed E-state index contributed by atoms with van der Waals surface area (Å²) >= 11 is 0. The van der Waals surface area contributed by atoms with E-state index in [1.165, 1.54) is 4.90 Å². The number of nitrogens with zero attached hydrogens (tertiary/aromatic N) is 3. The number of benzene rings is 2. The third kappa shape index (κ3) is 4.42. The van der Waals surface area contributed by atoms with Crippen LogP contribution in [0.1, 0.15) is 20.3 Å². The second-order valence-electron chi connectivity index (χ2n) is 11.8. The number of amides is 3. The summed E-state index contributed by atoms with van der Waals surface area (Å²) in [5.41, 5.74) is 0.0226. The van der Waals surface area contributed by atoms with Crippen molar-refractivity contribution >= 4 is 29.1 Å². The summed E-state index contributed by atoms with van der Waals surface area (Å²) in [6, 6.07) is 14.9. The fraction of sp³-hybridized carbons (Fsp3) is 0.424. The molecular weight excluding hydrogens is 534 g/mol. The number of carbonyl (C=O) groups excluding carboxylic acids is 3. The van der Waals surface area contributed by atoms with E-state index in [0.717, 1.165) is 5.69 Å². The fourth-order valence-corrected chi connectivity index (χ4v) is 7.12. The van der Waals surface area contributed by atoms with Gasteiger partial charge in [0.1, 0.15) is 17.4 Å². The lowest BCUT2D eigenvalue weighted by atomic mass is 9.77. The van der Waals surface area contributed by atoms with Crippen molar-refractivity contribution in [2.75, 3.05) is 36.6 Å². The van der Waals surface area contributed by atoms with Crippen molar-refractivity contribution in [3.63, 3.8) is 0 Å². The summed E-state index contributed by atoms with van der Waals surface area (Å²) < 4.78 is 12.1. The second kappa shape index (κ2) is 11.0. The number of aliphatic hydroxyl groups is 1. The van der Waals surface area contributed by atoms with Gasteiger partial charge >= 0.3 is 0 Å². The number of aliphatic hydroxyl groups excluding tert-OH is 1. The van der Waals surface area contributed by atoms with E-state index in [0.29, 0.717) is 24.4 Å². The van der Waals surface area contributed by atoms with Crippen molar-refractivity contribution in [2.24, 2.45) is 17.8 Å². The van der Waals surface area contributed by atoms with Gasteiger partial charge in [0, 0.05) is 24.5 Å². The molecule has 3 amide bonds. The van der Waals surface area contributed by atoms with Gasteiger partial charge in [0.15, 0.2) is 0 Å². The van der Waals surface area contributed by atoms with E-state index < -0.39 is 35.6 Å². The van der Waals surface area contributed by atoms with Crippen LogP contribution in [0.3, 0.4) is 0 Å². The van der Waals surface area contributed by atoms with Crippen LogP contribution in [0, 0.1) is 17.8 Å². The van der Waals surface area contributed by atoms with E-state index in [4.69, 9.17) is 9.47 Å². The highest BCUT2D eigenvalue weighted by molar-refractivity contribution is 6.07. The molecule has 1 N–H and O–H groups in total. The van der Waals surface area contributed by atoms with Crippen molar-refractivity contribution in [1.29, 1.82) is 0 Å². The number of para-hydroxylation sites is 1. The van der Waals surface area contributed by atoms with Crippen LogP contribution in [0.4, 0.5) is 11.4 Å². The maximum Gasteiger partial charge on any atom is 0.253 e. The number of fused-ring (bicyclic) bond motifs is 2. The molecule has 0 bridgehead atoms. The lowest BCUT2D eigenvalue weighted by Crippen LogP contribution is -2.58. The van der Waals surface area contributed by atoms with E-state index in [-0.39, 0.29) is 36.8 Å². The van der Waals surface area contributed by atoms with Gasteiger partial charge in [-0.05, 0) is 48.7 Å². The lowest BCUT2D eigenvalue weighted by molar-refractivity contribution is -0.144. The van der Waals surface area contributed by atoms with E-state index in [1.807, 2.05) is 80.6 Å². The van der Waals surface area contributed by atoms with Gasteiger partial charge in [-0.15, -0.1) is 0 Å². The van der Waals surface area contributed by atoms with E-state index in [2.05, 4.69) is 0 Å². The predicted octanol–water partition coefficient (Wildman–Crippen LogP) is 3.19. The van der Waals surface area contributed by atoms with Crippen molar-refractivity contribution in [2.45, 2.75) is 44.1 Å². The van der Waals surface area contributed by atoms with Crippen LogP contribution < -0.4 is 14.5 Å². The number of anilines is 2. The third-order valence-electron chi connectivity index (χ3n) is 8.90. The molecule has 4 aliphatic heterocycles. The van der Waals surface area contributed by atoms with Gasteiger partial charge in [-0.1, -0.05) is 56.4 Å². The quantitative estimate of drug-likeness (QED) is 0.513. The molecule has 0 aromatic heterocycles. The summed E-state index contributed by atoms with van der Waals surface area (Å²) in [6.45, 7) is 4.35. The number of carbonyl (C=O) groups is 3. The van der Waals surface area contributed by atoms with Gasteiger partial charge < -0.3 is 29.3 Å². The van der Waals surface area contributed by atoms with Gasteiger partial charge in [-0.25, -0.2) is 0 Å². The molecule has 0 saturated carbocycles. The molecule has 220 valence electrons. The summed E-state index contributed by atoms with van der Waals surface area (Å²) in [5, 5.41) is 10.5. The highest BCUT2D eigenvalue weighted by atomic mass is 16.5.